The van der Waals surface area contributed by atoms with Crippen molar-refractivity contribution in [3.05, 3.63) is 63.5 Å². The molecule has 0 spiro atoms. The second-order valence-electron chi connectivity index (χ2n) is 6.26. The number of nitrogens with two attached hydrogens (primary N) is 1. The molecule has 0 amide bonds. The number of thiophene rings is 1. The highest BCUT2D eigenvalue weighted by atomic mass is 32.2. The Labute approximate surface area is 165 Å². The van der Waals surface area contributed by atoms with E-state index in [2.05, 4.69) is 5.10 Å². The molecular formula is C18H15N5O3S2. The summed E-state index contributed by atoms with van der Waals surface area (Å²) in [5.74, 6) is -0.684. The number of fused-ring (bicyclic) bond motifs is 1. The van der Waals surface area contributed by atoms with Crippen molar-refractivity contribution >= 4 is 33.1 Å². The van der Waals surface area contributed by atoms with Crippen LogP contribution in [0, 0.1) is 11.3 Å². The fourth-order valence-electron chi connectivity index (χ4n) is 3.09. The summed E-state index contributed by atoms with van der Waals surface area (Å²) in [4.78, 5) is 13.9. The van der Waals surface area contributed by atoms with Gasteiger partial charge in [0.05, 0.1) is 11.1 Å². The molecule has 0 unspecified atom stereocenters. The fourth-order valence-corrected chi connectivity index (χ4v) is 5.45. The molecule has 0 bridgehead atoms. The van der Waals surface area contributed by atoms with Gasteiger partial charge < -0.3 is 5.73 Å². The van der Waals surface area contributed by atoms with E-state index in [0.29, 0.717) is 19.5 Å². The maximum Gasteiger partial charge on any atom is 0.280 e. The summed E-state index contributed by atoms with van der Waals surface area (Å²) in [6.07, 6.45) is 1.87. The van der Waals surface area contributed by atoms with Crippen molar-refractivity contribution in [2.45, 2.75) is 17.9 Å². The van der Waals surface area contributed by atoms with Crippen LogP contribution in [0.5, 0.6) is 0 Å². The van der Waals surface area contributed by atoms with Gasteiger partial charge in [-0.2, -0.15) is 19.3 Å². The lowest BCUT2D eigenvalue weighted by atomic mass is 10.1. The molecule has 3 heterocycles. The van der Waals surface area contributed by atoms with E-state index >= 15 is 0 Å². The first-order valence-corrected chi connectivity index (χ1v) is 10.7. The molecule has 4 rings (SSSR count). The fraction of sp³-hybridized carbons (Fsp3) is 0.167. The first-order valence-electron chi connectivity index (χ1n) is 8.35. The minimum atomic E-state index is -3.76. The highest BCUT2D eigenvalue weighted by Gasteiger charge is 2.29. The minimum absolute atomic E-state index is 0.0308. The van der Waals surface area contributed by atoms with Crippen LogP contribution in [0.3, 0.4) is 0 Å². The summed E-state index contributed by atoms with van der Waals surface area (Å²) in [6, 6.07) is 9.55. The number of anilines is 1. The van der Waals surface area contributed by atoms with Gasteiger partial charge in [-0.25, -0.2) is 8.42 Å². The molecule has 28 heavy (non-hydrogen) atoms. The van der Waals surface area contributed by atoms with E-state index in [0.717, 1.165) is 10.2 Å². The van der Waals surface area contributed by atoms with Crippen molar-refractivity contribution in [3.63, 3.8) is 0 Å². The van der Waals surface area contributed by atoms with E-state index in [1.54, 1.807) is 11.3 Å². The van der Waals surface area contributed by atoms with Gasteiger partial charge in [-0.15, -0.1) is 11.3 Å². The van der Waals surface area contributed by atoms with Crippen molar-refractivity contribution < 1.29 is 13.2 Å². The van der Waals surface area contributed by atoms with Crippen molar-refractivity contribution in [1.29, 1.82) is 5.26 Å². The Morgan fingerprint density at radius 1 is 1.32 bits per heavy atom. The van der Waals surface area contributed by atoms with Crippen LogP contribution in [0.2, 0.25) is 0 Å². The zero-order chi connectivity index (χ0) is 19.9. The molecule has 3 aromatic rings. The third-order valence-electron chi connectivity index (χ3n) is 4.61. The van der Waals surface area contributed by atoms with Gasteiger partial charge in [-0.1, -0.05) is 6.07 Å². The SMILES string of the molecule is N#Cc1cnn(C(=O)c2cccc(S(=O)(=O)N3CCc4sccc4C3)c2)c1N. The number of carbonyl (C=O) groups is 1. The van der Waals surface area contributed by atoms with Crippen LogP contribution in [0.25, 0.3) is 0 Å². The monoisotopic (exact) mass is 413 g/mol. The Morgan fingerprint density at radius 2 is 2.14 bits per heavy atom. The Balaban J connectivity index is 1.66. The van der Waals surface area contributed by atoms with Crippen LogP contribution >= 0.6 is 11.3 Å². The third kappa shape index (κ3) is 2.99. The van der Waals surface area contributed by atoms with Gasteiger partial charge in [0.2, 0.25) is 10.0 Å². The molecule has 142 valence electrons. The number of aromatic nitrogens is 2. The highest BCUT2D eigenvalue weighted by molar-refractivity contribution is 7.89. The molecule has 2 N–H and O–H groups in total. The van der Waals surface area contributed by atoms with E-state index in [1.165, 1.54) is 39.6 Å². The second kappa shape index (κ2) is 6.87. The summed E-state index contributed by atoms with van der Waals surface area (Å²) < 4.78 is 28.5. The van der Waals surface area contributed by atoms with Gasteiger partial charge in [0.25, 0.3) is 5.91 Å². The summed E-state index contributed by atoms with van der Waals surface area (Å²) >= 11 is 1.63. The van der Waals surface area contributed by atoms with Gasteiger partial charge >= 0.3 is 0 Å². The zero-order valence-corrected chi connectivity index (χ0v) is 16.2. The number of nitriles is 1. The number of hydrogen-bond donors (Lipinski definition) is 1. The molecule has 8 nitrogen and oxygen atoms in total. The lowest BCUT2D eigenvalue weighted by molar-refractivity contribution is 0.0947. The third-order valence-corrected chi connectivity index (χ3v) is 7.47. The topological polar surface area (TPSA) is 122 Å². The number of rotatable bonds is 3. The Kier molecular flexibility index (Phi) is 4.50. The summed E-state index contributed by atoms with van der Waals surface area (Å²) in [5.41, 5.74) is 6.97. The maximum atomic E-state index is 13.1. The molecule has 10 heteroatoms. The van der Waals surface area contributed by atoms with Crippen LogP contribution in [0.1, 0.15) is 26.4 Å². The number of hydrogen-bond acceptors (Lipinski definition) is 7. The molecule has 0 aliphatic carbocycles. The molecule has 2 aromatic heterocycles. The second-order valence-corrected chi connectivity index (χ2v) is 9.20. The number of carbonyl (C=O) groups excluding carboxylic acids is 1. The summed E-state index contributed by atoms with van der Waals surface area (Å²) in [5, 5.41) is 14.7. The average Bonchev–Trinajstić information content (AvgIpc) is 3.33. The van der Waals surface area contributed by atoms with Gasteiger partial charge in [0, 0.05) is 23.5 Å². The van der Waals surface area contributed by atoms with Crippen LogP contribution in [0.15, 0.2) is 46.8 Å². The van der Waals surface area contributed by atoms with Crippen LogP contribution in [-0.2, 0) is 23.0 Å². The van der Waals surface area contributed by atoms with E-state index < -0.39 is 15.9 Å². The Morgan fingerprint density at radius 3 is 2.89 bits per heavy atom. The van der Waals surface area contributed by atoms with Gasteiger partial charge in [-0.3, -0.25) is 4.79 Å². The van der Waals surface area contributed by atoms with Crippen molar-refractivity contribution in [1.82, 2.24) is 14.1 Å². The van der Waals surface area contributed by atoms with Crippen molar-refractivity contribution in [2.75, 3.05) is 12.3 Å². The normalized spacial score (nSPS) is 14.4. The summed E-state index contributed by atoms with van der Waals surface area (Å²) in [7, 11) is -3.76. The predicted molar refractivity (Wildman–Crippen MR) is 103 cm³/mol. The molecule has 0 saturated carbocycles. The highest BCUT2D eigenvalue weighted by Crippen LogP contribution is 2.28. The number of sulfonamides is 1. The smallest absolute Gasteiger partial charge is 0.280 e. The Hall–Kier alpha value is -3.00. The minimum Gasteiger partial charge on any atom is -0.382 e. The van der Waals surface area contributed by atoms with E-state index in [4.69, 9.17) is 11.0 Å². The maximum absolute atomic E-state index is 13.1. The molecule has 1 aromatic carbocycles. The number of nitrogen functional groups attached to an aromatic ring is 1. The van der Waals surface area contributed by atoms with Crippen LogP contribution in [-0.4, -0.2) is 35.0 Å². The summed E-state index contributed by atoms with van der Waals surface area (Å²) in [6.45, 7) is 0.711. The molecular weight excluding hydrogens is 398 g/mol. The van der Waals surface area contributed by atoms with E-state index in [-0.39, 0.29) is 21.8 Å². The van der Waals surface area contributed by atoms with Crippen LogP contribution in [0.4, 0.5) is 5.82 Å². The Bertz CT molecular complexity index is 1220. The van der Waals surface area contributed by atoms with Gasteiger partial charge in [0.15, 0.2) is 0 Å². The van der Waals surface area contributed by atoms with E-state index in [1.807, 2.05) is 17.5 Å². The van der Waals surface area contributed by atoms with E-state index in [9.17, 15) is 13.2 Å². The molecule has 0 saturated heterocycles. The number of benzene rings is 1. The molecule has 0 fully saturated rings. The molecule has 0 radical (unpaired) electrons. The first-order chi connectivity index (χ1) is 13.4. The molecule has 1 aliphatic heterocycles. The predicted octanol–water partition coefficient (Wildman–Crippen LogP) is 1.83. The molecule has 0 atom stereocenters. The quantitative estimate of drug-likeness (QED) is 0.699. The van der Waals surface area contributed by atoms with Crippen LogP contribution < -0.4 is 5.73 Å². The standard InChI is InChI=1S/C18H15N5O3S2/c19-9-14-10-21-23(17(14)20)18(24)12-2-1-3-15(8-12)28(25,26)22-6-4-16-13(11-22)5-7-27-16/h1-3,5,7-8,10H,4,6,11,20H2. The van der Waals surface area contributed by atoms with Gasteiger partial charge in [-0.05, 0) is 41.6 Å². The average molecular weight is 413 g/mol. The lowest BCUT2D eigenvalue weighted by Gasteiger charge is -2.26. The molecule has 1 aliphatic rings. The first kappa shape index (κ1) is 18.4. The van der Waals surface area contributed by atoms with Crippen molar-refractivity contribution in [3.8, 4) is 6.07 Å². The zero-order valence-electron chi connectivity index (χ0n) is 14.6. The van der Waals surface area contributed by atoms with Crippen molar-refractivity contribution in [2.24, 2.45) is 0 Å². The number of nitrogens with zero attached hydrogens (tertiary/aromatic N) is 4. The largest absolute Gasteiger partial charge is 0.382 e. The van der Waals surface area contributed by atoms with Gasteiger partial charge in [0.1, 0.15) is 17.5 Å². The lowest BCUT2D eigenvalue weighted by Crippen LogP contribution is -2.35.